The molecule has 0 aliphatic carbocycles. The van der Waals surface area contributed by atoms with Crippen LogP contribution in [0, 0.1) is 5.92 Å². The van der Waals surface area contributed by atoms with Crippen LogP contribution in [0.5, 0.6) is 0 Å². The summed E-state index contributed by atoms with van der Waals surface area (Å²) in [5.74, 6) is 0.214. The number of amides is 1. The molecule has 0 radical (unpaired) electrons. The van der Waals surface area contributed by atoms with Crippen LogP contribution in [-0.2, 0) is 16.1 Å². The molecule has 1 aromatic carbocycles. The first-order valence-electron chi connectivity index (χ1n) is 9.16. The van der Waals surface area contributed by atoms with Gasteiger partial charge < -0.3 is 19.9 Å². The Bertz CT molecular complexity index is 659. The average molecular weight is 528 g/mol. The van der Waals surface area contributed by atoms with Crippen LogP contribution >= 0.6 is 24.0 Å². The second kappa shape index (κ2) is 12.2. The second-order valence-corrected chi connectivity index (χ2v) is 6.87. The topological polar surface area (TPSA) is 57.2 Å². The zero-order chi connectivity index (χ0) is 20.6. The molecule has 1 aliphatic rings. The number of hydrogen-bond acceptors (Lipinski definition) is 3. The molecule has 1 saturated heterocycles. The van der Waals surface area contributed by atoms with E-state index in [0.29, 0.717) is 30.0 Å². The van der Waals surface area contributed by atoms with E-state index in [1.54, 1.807) is 7.05 Å². The maximum atomic E-state index is 12.4. The van der Waals surface area contributed by atoms with Gasteiger partial charge in [-0.25, -0.2) is 0 Å². The maximum absolute atomic E-state index is 12.4. The number of benzene rings is 1. The molecule has 1 fully saturated rings. The van der Waals surface area contributed by atoms with Crippen LogP contribution in [0.15, 0.2) is 35.3 Å². The summed E-state index contributed by atoms with van der Waals surface area (Å²) < 4.78 is 42.9. The number of nitrogens with zero attached hydrogens (tertiary/aromatic N) is 3. The summed E-state index contributed by atoms with van der Waals surface area (Å²) in [5.41, 5.74) is 1.12. The second-order valence-electron chi connectivity index (χ2n) is 6.87. The third-order valence-electron chi connectivity index (χ3n) is 4.50. The molecule has 0 spiro atoms. The number of ether oxygens (including phenoxy) is 1. The van der Waals surface area contributed by atoms with E-state index in [1.807, 2.05) is 35.2 Å². The number of likely N-dealkylation sites (N-methyl/N-ethyl adjacent to an activating group) is 1. The Morgan fingerprint density at radius 2 is 2.03 bits per heavy atom. The highest BCUT2D eigenvalue weighted by Gasteiger charge is 2.31. The summed E-state index contributed by atoms with van der Waals surface area (Å²) in [7, 11) is 2.72. The number of aliphatic imine (C=N–C) groups is 1. The van der Waals surface area contributed by atoms with E-state index in [0.717, 1.165) is 32.1 Å². The third-order valence-corrected chi connectivity index (χ3v) is 4.50. The van der Waals surface area contributed by atoms with Crippen LogP contribution in [0.1, 0.15) is 12.0 Å². The predicted octanol–water partition coefficient (Wildman–Crippen LogP) is 2.74. The number of halogens is 4. The Labute approximate surface area is 186 Å². The van der Waals surface area contributed by atoms with Gasteiger partial charge in [0, 0.05) is 33.1 Å². The lowest BCUT2D eigenvalue weighted by molar-refractivity contribution is -0.157. The van der Waals surface area contributed by atoms with Crippen molar-refractivity contribution in [3.05, 3.63) is 35.9 Å². The summed E-state index contributed by atoms with van der Waals surface area (Å²) in [6.07, 6.45) is -3.48. The monoisotopic (exact) mass is 528 g/mol. The van der Waals surface area contributed by atoms with E-state index < -0.39 is 18.6 Å². The van der Waals surface area contributed by atoms with E-state index in [4.69, 9.17) is 4.74 Å². The van der Waals surface area contributed by atoms with Crippen LogP contribution in [0.4, 0.5) is 13.2 Å². The Hall–Kier alpha value is -1.56. The molecule has 10 heteroatoms. The van der Waals surface area contributed by atoms with Crippen molar-refractivity contribution in [2.24, 2.45) is 10.9 Å². The molecule has 0 bridgehead atoms. The zero-order valence-corrected chi connectivity index (χ0v) is 18.9. The van der Waals surface area contributed by atoms with Crippen LogP contribution in [-0.4, -0.2) is 74.7 Å². The van der Waals surface area contributed by atoms with Gasteiger partial charge in [-0.1, -0.05) is 30.3 Å². The van der Waals surface area contributed by atoms with Gasteiger partial charge in [-0.2, -0.15) is 13.2 Å². The normalized spacial score (nSPS) is 17.1. The predicted molar refractivity (Wildman–Crippen MR) is 116 cm³/mol. The Morgan fingerprint density at radius 1 is 1.34 bits per heavy atom. The molecule has 2 rings (SSSR count). The summed E-state index contributed by atoms with van der Waals surface area (Å²) in [6.45, 7) is 1.16. The largest absolute Gasteiger partial charge is 0.406 e. The van der Waals surface area contributed by atoms with Crippen LogP contribution < -0.4 is 5.32 Å². The zero-order valence-electron chi connectivity index (χ0n) is 16.6. The van der Waals surface area contributed by atoms with Crippen LogP contribution in [0.3, 0.4) is 0 Å². The van der Waals surface area contributed by atoms with Crippen LogP contribution in [0.2, 0.25) is 0 Å². The average Bonchev–Trinajstić information content (AvgIpc) is 3.10. The van der Waals surface area contributed by atoms with E-state index in [-0.39, 0.29) is 30.5 Å². The fourth-order valence-corrected chi connectivity index (χ4v) is 3.06. The molecule has 6 nitrogen and oxygen atoms in total. The van der Waals surface area contributed by atoms with Crippen molar-refractivity contribution >= 4 is 35.8 Å². The SMILES string of the molecule is CN=C(NCC(=O)N(C)CC(F)(F)F)N1CCC(COCc2ccccc2)C1.I. The summed E-state index contributed by atoms with van der Waals surface area (Å²) in [4.78, 5) is 18.7. The molecular weight excluding hydrogens is 500 g/mol. The van der Waals surface area contributed by atoms with Gasteiger partial charge in [-0.3, -0.25) is 9.79 Å². The van der Waals surface area contributed by atoms with Gasteiger partial charge in [-0.15, -0.1) is 24.0 Å². The molecular formula is C19H28F3IN4O2. The van der Waals surface area contributed by atoms with Crippen molar-refractivity contribution in [3.63, 3.8) is 0 Å². The molecule has 29 heavy (non-hydrogen) atoms. The Morgan fingerprint density at radius 3 is 2.66 bits per heavy atom. The number of alkyl halides is 3. The van der Waals surface area contributed by atoms with Crippen molar-refractivity contribution in [3.8, 4) is 0 Å². The lowest BCUT2D eigenvalue weighted by atomic mass is 10.1. The molecule has 0 aromatic heterocycles. The molecule has 1 amide bonds. The van der Waals surface area contributed by atoms with Gasteiger partial charge in [0.05, 0.1) is 19.8 Å². The van der Waals surface area contributed by atoms with E-state index >= 15 is 0 Å². The number of rotatable bonds is 7. The fraction of sp³-hybridized carbons (Fsp3) is 0.579. The molecule has 1 atom stereocenters. The van der Waals surface area contributed by atoms with Gasteiger partial charge in [-0.05, 0) is 12.0 Å². The number of carbonyl (C=O) groups excluding carboxylic acids is 1. The van der Waals surface area contributed by atoms with Gasteiger partial charge in [0.2, 0.25) is 5.91 Å². The van der Waals surface area contributed by atoms with E-state index in [2.05, 4.69) is 10.3 Å². The first-order valence-corrected chi connectivity index (χ1v) is 9.16. The summed E-state index contributed by atoms with van der Waals surface area (Å²) in [6, 6.07) is 9.93. The van der Waals surface area contributed by atoms with E-state index in [1.165, 1.54) is 0 Å². The molecule has 1 aliphatic heterocycles. The van der Waals surface area contributed by atoms with E-state index in [9.17, 15) is 18.0 Å². The molecule has 1 aromatic rings. The lowest BCUT2D eigenvalue weighted by Gasteiger charge is -2.23. The van der Waals surface area contributed by atoms with Gasteiger partial charge in [0.25, 0.3) is 0 Å². The van der Waals surface area contributed by atoms with Gasteiger partial charge in [0.1, 0.15) is 6.54 Å². The highest BCUT2D eigenvalue weighted by Crippen LogP contribution is 2.18. The fourth-order valence-electron chi connectivity index (χ4n) is 3.06. The maximum Gasteiger partial charge on any atom is 0.406 e. The van der Waals surface area contributed by atoms with Crippen molar-refractivity contribution in [1.82, 2.24) is 15.1 Å². The van der Waals surface area contributed by atoms with Crippen LogP contribution in [0.25, 0.3) is 0 Å². The van der Waals surface area contributed by atoms with Crippen molar-refractivity contribution in [2.75, 3.05) is 46.9 Å². The smallest absolute Gasteiger partial charge is 0.376 e. The molecule has 1 unspecified atom stereocenters. The van der Waals surface area contributed by atoms with Gasteiger partial charge in [0.15, 0.2) is 5.96 Å². The summed E-state index contributed by atoms with van der Waals surface area (Å²) in [5, 5.41) is 2.86. The number of carbonyl (C=O) groups is 1. The highest BCUT2D eigenvalue weighted by molar-refractivity contribution is 14.0. The number of nitrogens with one attached hydrogen (secondary N) is 1. The number of hydrogen-bond donors (Lipinski definition) is 1. The third kappa shape index (κ3) is 9.20. The summed E-state index contributed by atoms with van der Waals surface area (Å²) >= 11 is 0. The van der Waals surface area contributed by atoms with Crippen molar-refractivity contribution in [2.45, 2.75) is 19.2 Å². The number of likely N-dealkylation sites (tertiary alicyclic amines) is 1. The van der Waals surface area contributed by atoms with Crippen molar-refractivity contribution < 1.29 is 22.7 Å². The molecule has 0 saturated carbocycles. The van der Waals surface area contributed by atoms with Gasteiger partial charge >= 0.3 is 6.18 Å². The Balaban J connectivity index is 0.00000420. The Kier molecular flexibility index (Phi) is 10.7. The molecule has 1 N–H and O–H groups in total. The highest BCUT2D eigenvalue weighted by atomic mass is 127. The minimum Gasteiger partial charge on any atom is -0.376 e. The van der Waals surface area contributed by atoms with Crippen molar-refractivity contribution in [1.29, 1.82) is 0 Å². The first kappa shape index (κ1) is 25.5. The minimum atomic E-state index is -4.41. The first-order chi connectivity index (χ1) is 13.3. The molecule has 1 heterocycles. The molecule has 164 valence electrons. The quantitative estimate of drug-likeness (QED) is 0.336. The number of guanidine groups is 1. The minimum absolute atomic E-state index is 0. The standard InChI is InChI=1S/C19H27F3N4O2.HI/c1-23-18(24-10-17(27)25(2)14-19(20,21)22)26-9-8-16(11-26)13-28-12-15-6-4-3-5-7-15;/h3-7,16H,8-14H2,1-2H3,(H,23,24);1H. The lowest BCUT2D eigenvalue weighted by Crippen LogP contribution is -2.46.